The van der Waals surface area contributed by atoms with Gasteiger partial charge in [0.1, 0.15) is 0 Å². The molecule has 0 unspecified atom stereocenters. The second-order valence-corrected chi connectivity index (χ2v) is 7.04. The number of fused-ring (bicyclic) bond motifs is 1. The van der Waals surface area contributed by atoms with Gasteiger partial charge in [-0.15, -0.1) is 5.10 Å². The zero-order valence-electron chi connectivity index (χ0n) is 14.5. The number of benzene rings is 2. The molecule has 1 aliphatic rings. The molecule has 1 aliphatic heterocycles. The molecular formula is C20H16N4O2S. The van der Waals surface area contributed by atoms with Crippen molar-refractivity contribution in [2.24, 2.45) is 5.10 Å². The minimum absolute atomic E-state index is 0.0357. The highest BCUT2D eigenvalue weighted by Crippen LogP contribution is 2.27. The quantitative estimate of drug-likeness (QED) is 0.553. The van der Waals surface area contributed by atoms with Crippen molar-refractivity contribution in [3.63, 3.8) is 0 Å². The molecule has 4 rings (SSSR count). The van der Waals surface area contributed by atoms with Crippen LogP contribution in [0, 0.1) is 6.92 Å². The number of aromatic nitrogens is 1. The summed E-state index contributed by atoms with van der Waals surface area (Å²) in [5.41, 5.74) is 5.91. The molecule has 1 saturated heterocycles. The lowest BCUT2D eigenvalue weighted by Gasteiger charge is -2.16. The number of hydrogen-bond acceptors (Lipinski definition) is 6. The number of carbonyl (C=O) groups excluding carboxylic acids is 2. The Morgan fingerprint density at radius 2 is 1.96 bits per heavy atom. The molecule has 0 bridgehead atoms. The summed E-state index contributed by atoms with van der Waals surface area (Å²) in [7, 11) is 0. The molecule has 0 radical (unpaired) electrons. The van der Waals surface area contributed by atoms with E-state index in [0.29, 0.717) is 22.3 Å². The summed E-state index contributed by atoms with van der Waals surface area (Å²) in [4.78, 5) is 29.8. The summed E-state index contributed by atoms with van der Waals surface area (Å²) in [5.74, 6) is 0.645. The van der Waals surface area contributed by atoms with Crippen LogP contribution in [0.3, 0.4) is 0 Å². The number of carbonyl (C=O) groups is 2. The lowest BCUT2D eigenvalue weighted by Crippen LogP contribution is -2.29. The number of aryl methyl sites for hydroxylation is 1. The fourth-order valence-corrected chi connectivity index (χ4v) is 3.63. The molecular weight excluding hydrogens is 360 g/mol. The number of pyridine rings is 1. The van der Waals surface area contributed by atoms with Crippen LogP contribution >= 0.6 is 11.8 Å². The highest BCUT2D eigenvalue weighted by atomic mass is 32.2. The van der Waals surface area contributed by atoms with Gasteiger partial charge in [-0.3, -0.25) is 19.9 Å². The van der Waals surface area contributed by atoms with Crippen LogP contribution in [0.2, 0.25) is 0 Å². The number of amidine groups is 1. The minimum atomic E-state index is -0.0357. The van der Waals surface area contributed by atoms with E-state index in [4.69, 9.17) is 0 Å². The van der Waals surface area contributed by atoms with Crippen molar-refractivity contribution < 1.29 is 9.59 Å². The largest absolute Gasteiger partial charge is 0.298 e. The smallest absolute Gasteiger partial charge is 0.243 e. The maximum absolute atomic E-state index is 12.3. The lowest BCUT2D eigenvalue weighted by molar-refractivity contribution is -0.115. The lowest BCUT2D eigenvalue weighted by atomic mass is 10.1. The molecule has 1 N–H and O–H groups in total. The van der Waals surface area contributed by atoms with E-state index in [0.717, 1.165) is 28.4 Å². The van der Waals surface area contributed by atoms with Gasteiger partial charge in [0.25, 0.3) is 0 Å². The van der Waals surface area contributed by atoms with Crippen molar-refractivity contribution in [1.29, 1.82) is 0 Å². The standard InChI is InChI=1S/C20H16N4O2S/c1-13-6-8-16(9-7-13)24-18(26)12-27-20(24)23-22-19-15(11-25)10-14-4-2-3-5-17(14)21-19/h2-11H,12H2,1H3,(H,21,22)/b23-20-. The average Bonchev–Trinajstić information content (AvgIpc) is 3.06. The van der Waals surface area contributed by atoms with Gasteiger partial charge in [0, 0.05) is 5.39 Å². The molecule has 0 aliphatic carbocycles. The Balaban J connectivity index is 1.67. The van der Waals surface area contributed by atoms with Crippen molar-refractivity contribution in [1.82, 2.24) is 4.98 Å². The highest BCUT2D eigenvalue weighted by molar-refractivity contribution is 8.15. The van der Waals surface area contributed by atoms with Crippen molar-refractivity contribution in [2.45, 2.75) is 6.92 Å². The van der Waals surface area contributed by atoms with Crippen LogP contribution in [0.5, 0.6) is 0 Å². The molecule has 1 fully saturated rings. The molecule has 134 valence electrons. The molecule has 1 amide bonds. The first kappa shape index (κ1) is 17.2. The van der Waals surface area contributed by atoms with Crippen molar-refractivity contribution in [3.05, 3.63) is 65.7 Å². The zero-order chi connectivity index (χ0) is 18.8. The summed E-state index contributed by atoms with van der Waals surface area (Å²) in [5, 5.41) is 5.76. The molecule has 27 heavy (non-hydrogen) atoms. The Kier molecular flexibility index (Phi) is 4.60. The number of thioether (sulfide) groups is 1. The van der Waals surface area contributed by atoms with E-state index < -0.39 is 0 Å². The predicted molar refractivity (Wildman–Crippen MR) is 109 cm³/mol. The molecule has 0 saturated carbocycles. The third-order valence-corrected chi connectivity index (χ3v) is 5.12. The van der Waals surface area contributed by atoms with Gasteiger partial charge in [0.2, 0.25) is 5.91 Å². The van der Waals surface area contributed by atoms with Crippen LogP contribution in [-0.4, -0.2) is 28.1 Å². The van der Waals surface area contributed by atoms with Gasteiger partial charge in [-0.1, -0.05) is 47.7 Å². The van der Waals surface area contributed by atoms with Gasteiger partial charge in [-0.25, -0.2) is 4.98 Å². The van der Waals surface area contributed by atoms with E-state index in [1.165, 1.54) is 11.8 Å². The molecule has 3 aromatic rings. The van der Waals surface area contributed by atoms with Crippen LogP contribution in [0.1, 0.15) is 15.9 Å². The minimum Gasteiger partial charge on any atom is -0.298 e. The van der Waals surface area contributed by atoms with Gasteiger partial charge in [0.15, 0.2) is 17.3 Å². The molecule has 2 aromatic carbocycles. The molecule has 1 aromatic heterocycles. The van der Waals surface area contributed by atoms with E-state index in [-0.39, 0.29) is 5.91 Å². The van der Waals surface area contributed by atoms with E-state index >= 15 is 0 Å². The summed E-state index contributed by atoms with van der Waals surface area (Å²) >= 11 is 1.34. The maximum atomic E-state index is 12.3. The second kappa shape index (κ2) is 7.20. The van der Waals surface area contributed by atoms with Crippen LogP contribution in [0.25, 0.3) is 10.9 Å². The Hall–Kier alpha value is -3.19. The Labute approximate surface area is 160 Å². The van der Waals surface area contributed by atoms with E-state index in [1.54, 1.807) is 11.0 Å². The third-order valence-electron chi connectivity index (χ3n) is 4.20. The SMILES string of the molecule is Cc1ccc(N2C(=O)CS/C2=N\Nc2nc3ccccc3cc2C=O)cc1. The van der Waals surface area contributed by atoms with Gasteiger partial charge < -0.3 is 0 Å². The fraction of sp³-hybridized carbons (Fsp3) is 0.100. The third kappa shape index (κ3) is 3.41. The van der Waals surface area contributed by atoms with E-state index in [2.05, 4.69) is 15.5 Å². The monoisotopic (exact) mass is 376 g/mol. The van der Waals surface area contributed by atoms with Crippen LogP contribution in [0.4, 0.5) is 11.5 Å². The molecule has 7 heteroatoms. The number of hydrogen-bond donors (Lipinski definition) is 1. The number of nitrogens with one attached hydrogen (secondary N) is 1. The fourth-order valence-electron chi connectivity index (χ4n) is 2.81. The van der Waals surface area contributed by atoms with Crippen molar-refractivity contribution >= 4 is 51.5 Å². The maximum Gasteiger partial charge on any atom is 0.243 e. The Morgan fingerprint density at radius 1 is 1.19 bits per heavy atom. The first-order valence-corrected chi connectivity index (χ1v) is 9.35. The van der Waals surface area contributed by atoms with Gasteiger partial charge >= 0.3 is 0 Å². The van der Waals surface area contributed by atoms with Crippen molar-refractivity contribution in [3.8, 4) is 0 Å². The number of nitrogens with zero attached hydrogens (tertiary/aromatic N) is 3. The van der Waals surface area contributed by atoms with E-state index in [1.807, 2.05) is 55.5 Å². The summed E-state index contributed by atoms with van der Waals surface area (Å²) in [6.45, 7) is 1.99. The van der Waals surface area contributed by atoms with Crippen LogP contribution < -0.4 is 10.3 Å². The summed E-state index contributed by atoms with van der Waals surface area (Å²) in [6, 6.07) is 17.0. The first-order chi connectivity index (χ1) is 13.2. The van der Waals surface area contributed by atoms with Gasteiger partial charge in [-0.05, 0) is 31.2 Å². The number of amides is 1. The number of hydrazone groups is 1. The zero-order valence-corrected chi connectivity index (χ0v) is 15.4. The average molecular weight is 376 g/mol. The second-order valence-electron chi connectivity index (χ2n) is 6.10. The first-order valence-electron chi connectivity index (χ1n) is 8.37. The normalized spacial score (nSPS) is 15.5. The van der Waals surface area contributed by atoms with Gasteiger partial charge in [-0.2, -0.15) is 0 Å². The Bertz CT molecular complexity index is 1060. The number of aldehydes is 1. The number of anilines is 2. The van der Waals surface area contributed by atoms with Gasteiger partial charge in [0.05, 0.1) is 22.5 Å². The molecule has 2 heterocycles. The Morgan fingerprint density at radius 3 is 2.74 bits per heavy atom. The predicted octanol–water partition coefficient (Wildman–Crippen LogP) is 3.82. The van der Waals surface area contributed by atoms with Crippen LogP contribution in [0.15, 0.2) is 59.7 Å². The molecule has 0 spiro atoms. The molecule has 6 nitrogen and oxygen atoms in total. The summed E-state index contributed by atoms with van der Waals surface area (Å²) in [6.07, 6.45) is 0.743. The van der Waals surface area contributed by atoms with Crippen molar-refractivity contribution in [2.75, 3.05) is 16.1 Å². The van der Waals surface area contributed by atoms with E-state index in [9.17, 15) is 9.59 Å². The topological polar surface area (TPSA) is 74.7 Å². The summed E-state index contributed by atoms with van der Waals surface area (Å²) < 4.78 is 0. The molecule has 0 atom stereocenters. The number of rotatable bonds is 4. The van der Waals surface area contributed by atoms with Crippen LogP contribution in [-0.2, 0) is 4.79 Å². The highest BCUT2D eigenvalue weighted by Gasteiger charge is 2.30. The number of para-hydroxylation sites is 1.